The maximum absolute atomic E-state index is 13.7. The van der Waals surface area contributed by atoms with Crippen LogP contribution < -0.4 is 4.74 Å². The molecular formula is C44H59N3O12. The van der Waals surface area contributed by atoms with Crippen molar-refractivity contribution in [2.24, 2.45) is 21.7 Å². The average molecular weight is 822 g/mol. The van der Waals surface area contributed by atoms with E-state index in [1.807, 2.05) is 30.3 Å². The number of nitrogens with one attached hydrogen (secondary N) is 1. The van der Waals surface area contributed by atoms with Crippen molar-refractivity contribution in [1.82, 2.24) is 15.2 Å². The zero-order chi connectivity index (χ0) is 44.1. The number of pyridine rings is 1. The first-order valence-corrected chi connectivity index (χ1v) is 19.7. The van der Waals surface area contributed by atoms with Crippen molar-refractivity contribution in [2.45, 2.75) is 133 Å². The van der Waals surface area contributed by atoms with E-state index in [2.05, 4.69) is 15.2 Å². The van der Waals surface area contributed by atoms with E-state index in [4.69, 9.17) is 33.5 Å². The number of rotatable bonds is 13. The molecule has 0 amide bonds. The van der Waals surface area contributed by atoms with Gasteiger partial charge in [0, 0.05) is 6.20 Å². The Balaban J connectivity index is 1.78. The van der Waals surface area contributed by atoms with Gasteiger partial charge in [-0.05, 0) is 119 Å². The number of carbonyl (C=O) groups excluding carboxylic acids is 4. The molecule has 15 nitrogen and oxygen atoms in total. The molecule has 0 unspecified atom stereocenters. The number of esters is 4. The van der Waals surface area contributed by atoms with Crippen LogP contribution in [0.3, 0.4) is 0 Å². The number of carboxylic acids is 1. The fourth-order valence-corrected chi connectivity index (χ4v) is 5.54. The van der Waals surface area contributed by atoms with Crippen LogP contribution in [0.2, 0.25) is 0 Å². The highest BCUT2D eigenvalue weighted by molar-refractivity contribution is 5.84. The Hall–Kier alpha value is -5.31. The lowest BCUT2D eigenvalue weighted by molar-refractivity contribution is -0.294. The van der Waals surface area contributed by atoms with Crippen LogP contribution in [0.4, 0.5) is 0 Å². The molecule has 322 valence electrons. The number of aliphatic carboxylic acids is 1. The first-order valence-electron chi connectivity index (χ1n) is 19.7. The van der Waals surface area contributed by atoms with Gasteiger partial charge in [-0.3, -0.25) is 29.1 Å². The van der Waals surface area contributed by atoms with Crippen molar-refractivity contribution >= 4 is 47.0 Å². The highest BCUT2D eigenvalue weighted by atomic mass is 16.7. The molecule has 1 aliphatic rings. The molecule has 4 rings (SSSR count). The first-order chi connectivity index (χ1) is 27.3. The van der Waals surface area contributed by atoms with Gasteiger partial charge >= 0.3 is 29.8 Å². The summed E-state index contributed by atoms with van der Waals surface area (Å²) in [7, 11) is 0. The molecule has 59 heavy (non-hydrogen) atoms. The van der Waals surface area contributed by atoms with E-state index in [1.165, 1.54) is 0 Å². The highest BCUT2D eigenvalue weighted by Crippen LogP contribution is 2.36. The smallest absolute Gasteiger partial charge is 0.311 e. The van der Waals surface area contributed by atoms with Crippen LogP contribution in [0, 0.1) is 21.7 Å². The third-order valence-corrected chi connectivity index (χ3v) is 9.16. The predicted molar refractivity (Wildman–Crippen MR) is 217 cm³/mol. The number of aryl methyl sites for hydroxylation is 2. The van der Waals surface area contributed by atoms with Gasteiger partial charge < -0.3 is 33.5 Å². The molecule has 0 spiro atoms. The summed E-state index contributed by atoms with van der Waals surface area (Å²) >= 11 is 0. The summed E-state index contributed by atoms with van der Waals surface area (Å²) in [5.41, 5.74) is -0.898. The second kappa shape index (κ2) is 18.3. The lowest BCUT2D eigenvalue weighted by atomic mass is 9.93. The van der Waals surface area contributed by atoms with E-state index >= 15 is 0 Å². The van der Waals surface area contributed by atoms with Crippen molar-refractivity contribution in [2.75, 3.05) is 6.61 Å². The van der Waals surface area contributed by atoms with Crippen LogP contribution in [-0.2, 0) is 60.5 Å². The largest absolute Gasteiger partial charge is 0.481 e. The number of hydrogen-bond donors (Lipinski definition) is 2. The molecule has 1 fully saturated rings. The summed E-state index contributed by atoms with van der Waals surface area (Å²) in [6.07, 6.45) is -1.21. The number of carbonyl (C=O) groups is 5. The van der Waals surface area contributed by atoms with Gasteiger partial charge in [-0.2, -0.15) is 0 Å². The molecule has 5 atom stereocenters. The monoisotopic (exact) mass is 821 g/mol. The molecule has 2 aromatic heterocycles. The van der Waals surface area contributed by atoms with Crippen molar-refractivity contribution < 1.29 is 57.5 Å². The van der Waals surface area contributed by atoms with E-state index < -0.39 is 88.8 Å². The molecular weight excluding hydrogens is 762 g/mol. The number of ether oxygens (including phenoxy) is 6. The molecule has 1 saturated heterocycles. The Kier molecular flexibility index (Phi) is 14.4. The molecule has 2 N–H and O–H groups in total. The number of nitrogens with zero attached hydrogens (tertiary/aromatic N) is 2. The standard InChI is InChI=1S/C44H59N3O12/c1-41(2,3)37(50)54-24-28-31(56-38(51)42(4,5)6)32(57-39(52)43(7,8)9)33(58-40(53)44(10,11)12)36(55-28)59-35-30-27(22-23-45-34(30)46-47-35)21-20-26-18-16-25(17-19-26)14-13-15-29(48)49/h13-14,16-19,22-23,28,31-33,36H,15,20-21,24H2,1-12H3,(H,48,49)(H,45,46,47)/t28-,31-,32+,33-,36+/m1/s1. The second-order valence-corrected chi connectivity index (χ2v) is 18.8. The number of benzene rings is 1. The maximum Gasteiger partial charge on any atom is 0.311 e. The molecule has 0 bridgehead atoms. The molecule has 1 aromatic carbocycles. The van der Waals surface area contributed by atoms with Crippen molar-refractivity contribution in [3.63, 3.8) is 0 Å². The summed E-state index contributed by atoms with van der Waals surface area (Å²) in [5.74, 6) is -3.48. The molecule has 3 aromatic rings. The molecule has 1 aliphatic heterocycles. The molecule has 0 saturated carbocycles. The minimum atomic E-state index is -1.54. The van der Waals surface area contributed by atoms with Gasteiger partial charge in [0.1, 0.15) is 12.7 Å². The van der Waals surface area contributed by atoms with Gasteiger partial charge in [-0.15, -0.1) is 5.10 Å². The summed E-state index contributed by atoms with van der Waals surface area (Å²) in [6, 6.07) is 9.57. The molecule has 3 heterocycles. The van der Waals surface area contributed by atoms with E-state index in [9.17, 15) is 24.0 Å². The fraction of sp³-hybridized carbons (Fsp3) is 0.568. The molecule has 0 aliphatic carbocycles. The number of H-pyrrole nitrogens is 1. The van der Waals surface area contributed by atoms with Gasteiger partial charge in [-0.25, -0.2) is 4.98 Å². The zero-order valence-electron chi connectivity index (χ0n) is 36.2. The zero-order valence-corrected chi connectivity index (χ0v) is 36.2. The Morgan fingerprint density at radius 2 is 1.27 bits per heavy atom. The molecule has 15 heteroatoms. The van der Waals surface area contributed by atoms with Crippen LogP contribution in [-0.4, -0.2) is 87.4 Å². The van der Waals surface area contributed by atoms with Gasteiger partial charge in [0.15, 0.2) is 17.9 Å². The third-order valence-electron chi connectivity index (χ3n) is 9.16. The highest BCUT2D eigenvalue weighted by Gasteiger charge is 2.56. The summed E-state index contributed by atoms with van der Waals surface area (Å²) < 4.78 is 37.0. The fourth-order valence-electron chi connectivity index (χ4n) is 5.54. The number of carboxylic acid groups (broad SMARTS) is 1. The van der Waals surface area contributed by atoms with Crippen molar-refractivity contribution in [3.8, 4) is 5.88 Å². The number of aromatic amines is 1. The summed E-state index contributed by atoms with van der Waals surface area (Å²) in [5, 5.41) is 16.7. The van der Waals surface area contributed by atoms with Gasteiger partial charge in [0.25, 0.3) is 0 Å². The van der Waals surface area contributed by atoms with Crippen LogP contribution in [0.25, 0.3) is 17.1 Å². The van der Waals surface area contributed by atoms with Gasteiger partial charge in [0.2, 0.25) is 18.3 Å². The van der Waals surface area contributed by atoms with Gasteiger partial charge in [-0.1, -0.05) is 36.4 Å². The summed E-state index contributed by atoms with van der Waals surface area (Å²) in [4.78, 5) is 69.3. The van der Waals surface area contributed by atoms with Crippen LogP contribution in [0.5, 0.6) is 5.88 Å². The van der Waals surface area contributed by atoms with Crippen LogP contribution >= 0.6 is 0 Å². The predicted octanol–water partition coefficient (Wildman–Crippen LogP) is 6.80. The first kappa shape index (κ1) is 46.4. The summed E-state index contributed by atoms with van der Waals surface area (Å²) in [6.45, 7) is 19.5. The number of hydrogen-bond acceptors (Lipinski definition) is 13. The van der Waals surface area contributed by atoms with E-state index in [-0.39, 0.29) is 12.3 Å². The second-order valence-electron chi connectivity index (χ2n) is 18.8. The average Bonchev–Trinajstić information content (AvgIpc) is 3.53. The maximum atomic E-state index is 13.7. The van der Waals surface area contributed by atoms with Crippen LogP contribution in [0.15, 0.2) is 42.6 Å². The topological polar surface area (TPSA) is 203 Å². The van der Waals surface area contributed by atoms with E-state index in [0.717, 1.165) is 16.7 Å². The molecule has 0 radical (unpaired) electrons. The van der Waals surface area contributed by atoms with Crippen LogP contribution in [0.1, 0.15) is 106 Å². The Bertz CT molecular complexity index is 2010. The quantitative estimate of drug-likeness (QED) is 0.135. The van der Waals surface area contributed by atoms with E-state index in [0.29, 0.717) is 23.9 Å². The van der Waals surface area contributed by atoms with Gasteiger partial charge in [0.05, 0.1) is 33.5 Å². The lowest BCUT2D eigenvalue weighted by Crippen LogP contribution is -2.65. The normalized spacial score (nSPS) is 20.2. The van der Waals surface area contributed by atoms with Crippen molar-refractivity contribution in [3.05, 3.63) is 59.3 Å². The minimum Gasteiger partial charge on any atom is -0.481 e. The minimum absolute atomic E-state index is 0.0419. The SMILES string of the molecule is CC(C)(C)C(=O)OC[C@H]1O[C@@H](Oc2n[nH]c3nccc(CCc4ccc(C=CCC(=O)O)cc4)c23)[C@H](OC(=O)C(C)(C)C)[C@@H](OC(=O)C(C)(C)C)[C@@H]1OC(=O)C(C)(C)C. The number of fused-ring (bicyclic) bond motifs is 1. The third kappa shape index (κ3) is 12.6. The lowest BCUT2D eigenvalue weighted by Gasteiger charge is -2.45. The van der Waals surface area contributed by atoms with E-state index in [1.54, 1.807) is 101 Å². The Morgan fingerprint density at radius 3 is 1.81 bits per heavy atom. The Morgan fingerprint density at radius 1 is 0.729 bits per heavy atom. The Labute approximate surface area is 345 Å². The number of aromatic nitrogens is 3. The van der Waals surface area contributed by atoms with Crippen molar-refractivity contribution in [1.29, 1.82) is 0 Å².